The molecule has 0 radical (unpaired) electrons. The summed E-state index contributed by atoms with van der Waals surface area (Å²) >= 11 is 0. The Hall–Kier alpha value is -3.34. The van der Waals surface area contributed by atoms with Gasteiger partial charge in [-0.05, 0) is 62.1 Å². The average Bonchev–Trinajstić information content (AvgIpc) is 3.24. The van der Waals surface area contributed by atoms with Crippen LogP contribution in [0.2, 0.25) is 0 Å². The van der Waals surface area contributed by atoms with Crippen molar-refractivity contribution in [1.29, 1.82) is 0 Å². The molecule has 2 aromatic carbocycles. The molecule has 1 aliphatic heterocycles. The number of carbonyl (C=O) groups is 2. The summed E-state index contributed by atoms with van der Waals surface area (Å²) in [5.74, 6) is -0.276. The second-order valence-electron chi connectivity index (χ2n) is 7.63. The molecule has 3 aromatic rings. The van der Waals surface area contributed by atoms with Crippen molar-refractivity contribution in [2.75, 3.05) is 16.8 Å². The van der Waals surface area contributed by atoms with Gasteiger partial charge < -0.3 is 15.2 Å². The van der Waals surface area contributed by atoms with Crippen LogP contribution >= 0.6 is 0 Å². The van der Waals surface area contributed by atoms with Gasteiger partial charge in [-0.15, -0.1) is 0 Å². The van der Waals surface area contributed by atoms with Gasteiger partial charge in [0.2, 0.25) is 0 Å². The van der Waals surface area contributed by atoms with Crippen molar-refractivity contribution >= 4 is 23.1 Å². The van der Waals surface area contributed by atoms with E-state index in [2.05, 4.69) is 39.5 Å². The smallest absolute Gasteiger partial charge is 0.272 e. The molecule has 0 unspecified atom stereocenters. The monoisotopic (exact) mass is 387 g/mol. The summed E-state index contributed by atoms with van der Waals surface area (Å²) in [6.07, 6.45) is 1.08. The number of rotatable bonds is 5. The van der Waals surface area contributed by atoms with Crippen molar-refractivity contribution in [3.8, 4) is 0 Å². The van der Waals surface area contributed by atoms with E-state index in [1.54, 1.807) is 6.92 Å². The van der Waals surface area contributed by atoms with Gasteiger partial charge in [-0.3, -0.25) is 9.59 Å². The Kier molecular flexibility index (Phi) is 4.97. The van der Waals surface area contributed by atoms with E-state index in [1.807, 2.05) is 31.2 Å². The minimum atomic E-state index is -0.237. The number of Topliss-reactive ketones (excluding diaryl/α,β-unsaturated/α-hetero) is 1. The van der Waals surface area contributed by atoms with Crippen LogP contribution in [-0.2, 0) is 13.0 Å². The van der Waals surface area contributed by atoms with Gasteiger partial charge in [0.1, 0.15) is 5.69 Å². The first-order chi connectivity index (χ1) is 13.9. The van der Waals surface area contributed by atoms with Gasteiger partial charge in [0.05, 0.1) is 0 Å². The Balaban J connectivity index is 1.45. The predicted molar refractivity (Wildman–Crippen MR) is 116 cm³/mol. The number of aromatic amines is 1. The number of hydrogen-bond acceptors (Lipinski definition) is 3. The molecule has 0 saturated carbocycles. The first-order valence-electron chi connectivity index (χ1n) is 9.87. The number of hydrogen-bond donors (Lipinski definition) is 2. The third-order valence-corrected chi connectivity index (χ3v) is 5.59. The molecule has 0 bridgehead atoms. The molecule has 1 aliphatic rings. The number of nitrogens with one attached hydrogen (secondary N) is 2. The highest BCUT2D eigenvalue weighted by Gasteiger charge is 2.20. The van der Waals surface area contributed by atoms with E-state index >= 15 is 0 Å². The van der Waals surface area contributed by atoms with Crippen LogP contribution in [0.1, 0.15) is 50.2 Å². The highest BCUT2D eigenvalue weighted by atomic mass is 16.2. The summed E-state index contributed by atoms with van der Waals surface area (Å²) in [4.78, 5) is 29.9. The number of aryl methyl sites for hydroxylation is 1. The first kappa shape index (κ1) is 19.0. The molecular formula is C24H25N3O2. The summed E-state index contributed by atoms with van der Waals surface area (Å²) < 4.78 is 0. The fourth-order valence-corrected chi connectivity index (χ4v) is 4.18. The van der Waals surface area contributed by atoms with Crippen molar-refractivity contribution in [3.63, 3.8) is 0 Å². The molecule has 0 aliphatic carbocycles. The molecule has 1 aromatic heterocycles. The van der Waals surface area contributed by atoms with Gasteiger partial charge in [-0.2, -0.15) is 0 Å². The number of carbonyl (C=O) groups excluding carboxylic acids is 2. The molecule has 0 spiro atoms. The summed E-state index contributed by atoms with van der Waals surface area (Å²) in [5.41, 5.74) is 7.09. The normalized spacial score (nSPS) is 12.7. The largest absolute Gasteiger partial charge is 0.367 e. The van der Waals surface area contributed by atoms with Crippen LogP contribution in [0.3, 0.4) is 0 Å². The quantitative estimate of drug-likeness (QED) is 0.627. The van der Waals surface area contributed by atoms with Crippen LogP contribution in [0.5, 0.6) is 0 Å². The highest BCUT2D eigenvalue weighted by molar-refractivity contribution is 6.07. The molecule has 5 heteroatoms. The van der Waals surface area contributed by atoms with E-state index in [0.717, 1.165) is 30.9 Å². The number of benzene rings is 2. The number of anilines is 2. The number of ketones is 1. The fourth-order valence-electron chi connectivity index (χ4n) is 4.18. The zero-order valence-corrected chi connectivity index (χ0v) is 17.0. The van der Waals surface area contributed by atoms with Gasteiger partial charge in [0, 0.05) is 35.7 Å². The van der Waals surface area contributed by atoms with E-state index in [0.29, 0.717) is 16.8 Å². The maximum absolute atomic E-state index is 12.7. The maximum Gasteiger partial charge on any atom is 0.272 e. The average molecular weight is 387 g/mol. The lowest BCUT2D eigenvalue weighted by Gasteiger charge is -2.19. The molecule has 0 atom stereocenters. The number of aromatic nitrogens is 1. The Labute approximate surface area is 170 Å². The second kappa shape index (κ2) is 7.59. The molecular weight excluding hydrogens is 362 g/mol. The Morgan fingerprint density at radius 3 is 2.48 bits per heavy atom. The molecule has 5 nitrogen and oxygen atoms in total. The molecule has 0 saturated heterocycles. The summed E-state index contributed by atoms with van der Waals surface area (Å²) in [6.45, 7) is 7.00. The van der Waals surface area contributed by atoms with Crippen LogP contribution in [-0.4, -0.2) is 23.2 Å². The van der Waals surface area contributed by atoms with E-state index in [1.165, 1.54) is 23.7 Å². The van der Waals surface area contributed by atoms with Crippen molar-refractivity contribution in [2.45, 2.75) is 33.7 Å². The second-order valence-corrected chi connectivity index (χ2v) is 7.63. The number of amides is 1. The summed E-state index contributed by atoms with van der Waals surface area (Å²) in [6, 6.07) is 16.5. The number of para-hydroxylation sites is 1. The van der Waals surface area contributed by atoms with Crippen LogP contribution in [0.4, 0.5) is 11.4 Å². The number of fused-ring (bicyclic) bond motifs is 1. The molecule has 148 valence electrons. The van der Waals surface area contributed by atoms with Crippen molar-refractivity contribution in [2.24, 2.45) is 0 Å². The van der Waals surface area contributed by atoms with Gasteiger partial charge in [0.25, 0.3) is 5.91 Å². The summed E-state index contributed by atoms with van der Waals surface area (Å²) in [7, 11) is 0. The Bertz CT molecular complexity index is 1080. The SMILES string of the molecule is CC(=O)c1c(C)[nH]c(C(=O)Nc2ccc(CN3CCc4ccccc43)cc2)c1C. The van der Waals surface area contributed by atoms with Crippen LogP contribution < -0.4 is 10.2 Å². The van der Waals surface area contributed by atoms with E-state index in [4.69, 9.17) is 0 Å². The minimum Gasteiger partial charge on any atom is -0.367 e. The van der Waals surface area contributed by atoms with E-state index in [-0.39, 0.29) is 11.7 Å². The van der Waals surface area contributed by atoms with Gasteiger partial charge in [0.15, 0.2) is 5.78 Å². The molecule has 2 heterocycles. The standard InChI is InChI=1S/C24H25N3O2/c1-15-22(17(3)28)16(2)25-23(15)24(29)26-20-10-8-18(9-11-20)14-27-13-12-19-6-4-5-7-21(19)27/h4-11,25H,12-14H2,1-3H3,(H,26,29). The number of nitrogens with zero attached hydrogens (tertiary/aromatic N) is 1. The molecule has 0 fully saturated rings. The predicted octanol–water partition coefficient (Wildman–Crippen LogP) is 4.65. The van der Waals surface area contributed by atoms with Crippen molar-refractivity contribution in [1.82, 2.24) is 4.98 Å². The topological polar surface area (TPSA) is 65.2 Å². The highest BCUT2D eigenvalue weighted by Crippen LogP contribution is 2.29. The number of H-pyrrole nitrogens is 1. The Morgan fingerprint density at radius 2 is 1.79 bits per heavy atom. The lowest BCUT2D eigenvalue weighted by atomic mass is 10.1. The third kappa shape index (κ3) is 3.68. The van der Waals surface area contributed by atoms with Crippen LogP contribution in [0, 0.1) is 13.8 Å². The molecule has 2 N–H and O–H groups in total. The van der Waals surface area contributed by atoms with Gasteiger partial charge in [-0.25, -0.2) is 0 Å². The lowest BCUT2D eigenvalue weighted by Crippen LogP contribution is -2.19. The van der Waals surface area contributed by atoms with Gasteiger partial charge >= 0.3 is 0 Å². The van der Waals surface area contributed by atoms with Crippen molar-refractivity contribution in [3.05, 3.63) is 82.2 Å². The first-order valence-corrected chi connectivity index (χ1v) is 9.87. The Morgan fingerprint density at radius 1 is 1.07 bits per heavy atom. The third-order valence-electron chi connectivity index (χ3n) is 5.59. The molecule has 1 amide bonds. The summed E-state index contributed by atoms with van der Waals surface area (Å²) in [5, 5.41) is 2.92. The fraction of sp³-hybridized carbons (Fsp3) is 0.250. The van der Waals surface area contributed by atoms with E-state index in [9.17, 15) is 9.59 Å². The molecule has 29 heavy (non-hydrogen) atoms. The zero-order chi connectivity index (χ0) is 20.5. The zero-order valence-electron chi connectivity index (χ0n) is 17.0. The molecule has 4 rings (SSSR count). The van der Waals surface area contributed by atoms with Gasteiger partial charge in [-0.1, -0.05) is 30.3 Å². The lowest BCUT2D eigenvalue weighted by molar-refractivity contribution is 0.101. The van der Waals surface area contributed by atoms with Crippen LogP contribution in [0.15, 0.2) is 48.5 Å². The minimum absolute atomic E-state index is 0.0388. The van der Waals surface area contributed by atoms with E-state index < -0.39 is 0 Å². The maximum atomic E-state index is 12.7. The van der Waals surface area contributed by atoms with Crippen molar-refractivity contribution < 1.29 is 9.59 Å². The van der Waals surface area contributed by atoms with Crippen LogP contribution in [0.25, 0.3) is 0 Å².